The zero-order chi connectivity index (χ0) is 17.6. The lowest BCUT2D eigenvalue weighted by Gasteiger charge is -2.15. The van der Waals surface area contributed by atoms with Gasteiger partial charge < -0.3 is 10.4 Å². The molecule has 1 heterocycles. The van der Waals surface area contributed by atoms with Crippen molar-refractivity contribution in [2.75, 3.05) is 6.54 Å². The summed E-state index contributed by atoms with van der Waals surface area (Å²) in [4.78, 5) is 20.6. The average Bonchev–Trinajstić information content (AvgIpc) is 2.67. The number of carbonyl (C=O) groups is 1. The summed E-state index contributed by atoms with van der Waals surface area (Å²) in [6.45, 7) is 2.08. The number of aliphatic hydroxyl groups is 1. The van der Waals surface area contributed by atoms with Crippen LogP contribution in [0.5, 0.6) is 0 Å². The van der Waals surface area contributed by atoms with Gasteiger partial charge in [-0.15, -0.1) is 0 Å². The second-order valence-electron chi connectivity index (χ2n) is 5.76. The van der Waals surface area contributed by atoms with Crippen LogP contribution >= 0.6 is 0 Å². The first-order valence-corrected chi connectivity index (χ1v) is 8.03. The first-order chi connectivity index (χ1) is 12.2. The molecule has 2 N–H and O–H groups in total. The maximum atomic E-state index is 12.6. The topological polar surface area (TPSA) is 75.1 Å². The van der Waals surface area contributed by atoms with Crippen molar-refractivity contribution in [3.05, 3.63) is 83.9 Å². The van der Waals surface area contributed by atoms with Gasteiger partial charge in [-0.05, 0) is 29.7 Å². The Morgan fingerprint density at radius 3 is 2.52 bits per heavy atom. The van der Waals surface area contributed by atoms with Crippen molar-refractivity contribution in [3.63, 3.8) is 0 Å². The molecule has 126 valence electrons. The van der Waals surface area contributed by atoms with E-state index in [2.05, 4.69) is 15.3 Å². The van der Waals surface area contributed by atoms with E-state index in [1.165, 1.54) is 6.33 Å². The highest BCUT2D eigenvalue weighted by atomic mass is 16.3. The van der Waals surface area contributed by atoms with Crippen molar-refractivity contribution in [2.24, 2.45) is 0 Å². The Labute approximate surface area is 146 Å². The van der Waals surface area contributed by atoms with E-state index in [0.29, 0.717) is 5.56 Å². The lowest BCUT2D eigenvalue weighted by molar-refractivity contribution is 0.0916. The van der Waals surface area contributed by atoms with Gasteiger partial charge in [-0.1, -0.05) is 42.5 Å². The number of aliphatic hydroxyl groups excluding tert-OH is 1. The second-order valence-corrected chi connectivity index (χ2v) is 5.76. The fourth-order valence-corrected chi connectivity index (χ4v) is 2.73. The van der Waals surface area contributed by atoms with Crippen LogP contribution in [0.1, 0.15) is 27.6 Å². The van der Waals surface area contributed by atoms with Crippen LogP contribution in [0.15, 0.2) is 67.3 Å². The largest absolute Gasteiger partial charge is 0.387 e. The first kappa shape index (κ1) is 16.8. The summed E-state index contributed by atoms with van der Waals surface area (Å²) in [5.74, 6) is -0.243. The molecular weight excluding hydrogens is 314 g/mol. The van der Waals surface area contributed by atoms with Gasteiger partial charge in [0.25, 0.3) is 5.91 Å². The van der Waals surface area contributed by atoms with Gasteiger partial charge in [0.1, 0.15) is 6.33 Å². The summed E-state index contributed by atoms with van der Waals surface area (Å²) >= 11 is 0. The Morgan fingerprint density at radius 2 is 1.76 bits per heavy atom. The first-order valence-electron chi connectivity index (χ1n) is 8.03. The van der Waals surface area contributed by atoms with E-state index in [0.717, 1.165) is 22.3 Å². The molecular formula is C20H19N3O2. The molecule has 0 aliphatic carbocycles. The molecule has 1 amide bonds. The molecule has 25 heavy (non-hydrogen) atoms. The van der Waals surface area contributed by atoms with Gasteiger partial charge in [-0.3, -0.25) is 4.79 Å². The van der Waals surface area contributed by atoms with E-state index in [9.17, 15) is 9.90 Å². The third kappa shape index (κ3) is 3.89. The summed E-state index contributed by atoms with van der Waals surface area (Å²) < 4.78 is 0. The smallest absolute Gasteiger partial charge is 0.252 e. The third-order valence-corrected chi connectivity index (χ3v) is 4.05. The van der Waals surface area contributed by atoms with E-state index < -0.39 is 6.10 Å². The summed E-state index contributed by atoms with van der Waals surface area (Å²) in [5, 5.41) is 13.2. The maximum absolute atomic E-state index is 12.6. The van der Waals surface area contributed by atoms with Crippen molar-refractivity contribution in [1.29, 1.82) is 0 Å². The lowest BCUT2D eigenvalue weighted by atomic mass is 10.0. The number of hydrogen-bond acceptors (Lipinski definition) is 4. The molecule has 5 heteroatoms. The lowest BCUT2D eigenvalue weighted by Crippen LogP contribution is -2.29. The number of benzene rings is 2. The minimum atomic E-state index is -0.752. The van der Waals surface area contributed by atoms with E-state index in [1.807, 2.05) is 43.3 Å². The predicted octanol–water partition coefficient (Wildman–Crippen LogP) is 2.92. The monoisotopic (exact) mass is 333 g/mol. The van der Waals surface area contributed by atoms with Crippen molar-refractivity contribution in [1.82, 2.24) is 15.3 Å². The molecule has 0 bridgehead atoms. The van der Waals surface area contributed by atoms with E-state index in [-0.39, 0.29) is 12.5 Å². The highest BCUT2D eigenvalue weighted by Crippen LogP contribution is 2.22. The fraction of sp³-hybridized carbons (Fsp3) is 0.150. The highest BCUT2D eigenvalue weighted by Gasteiger charge is 2.15. The Kier molecular flexibility index (Phi) is 5.16. The van der Waals surface area contributed by atoms with Crippen molar-refractivity contribution >= 4 is 5.91 Å². The number of hydrogen-bond donors (Lipinski definition) is 2. The Morgan fingerprint density at radius 1 is 1.08 bits per heavy atom. The Bertz CT molecular complexity index is 866. The Hall–Kier alpha value is -3.05. The normalized spacial score (nSPS) is 11.8. The van der Waals surface area contributed by atoms with E-state index in [4.69, 9.17) is 0 Å². The van der Waals surface area contributed by atoms with Crippen LogP contribution in [-0.4, -0.2) is 27.5 Å². The molecule has 1 atom stereocenters. The molecule has 3 aromatic rings. The SMILES string of the molecule is Cc1ccccc1[C@@H](O)CNC(=O)c1ccccc1-c1cncnc1. The summed E-state index contributed by atoms with van der Waals surface area (Å²) in [6, 6.07) is 14.9. The Balaban J connectivity index is 1.75. The number of aryl methyl sites for hydroxylation is 1. The average molecular weight is 333 g/mol. The van der Waals surface area contributed by atoms with Crippen LogP contribution in [0.25, 0.3) is 11.1 Å². The second kappa shape index (κ2) is 7.68. The third-order valence-electron chi connectivity index (χ3n) is 4.05. The molecule has 0 unspecified atom stereocenters. The van der Waals surface area contributed by atoms with E-state index >= 15 is 0 Å². The minimum absolute atomic E-state index is 0.142. The van der Waals surface area contributed by atoms with Gasteiger partial charge in [-0.25, -0.2) is 9.97 Å². The fourth-order valence-electron chi connectivity index (χ4n) is 2.73. The highest BCUT2D eigenvalue weighted by molar-refractivity contribution is 6.00. The molecule has 0 fully saturated rings. The molecule has 0 aliphatic heterocycles. The standard InChI is InChI=1S/C20H19N3O2/c1-14-6-2-3-7-16(14)19(24)12-23-20(25)18-9-5-4-8-17(18)15-10-21-13-22-11-15/h2-11,13,19,24H,12H2,1H3,(H,23,25)/t19-/m0/s1. The van der Waals surface area contributed by atoms with Crippen LogP contribution in [0.2, 0.25) is 0 Å². The van der Waals surface area contributed by atoms with Gasteiger partial charge in [0.2, 0.25) is 0 Å². The quantitative estimate of drug-likeness (QED) is 0.753. The van der Waals surface area contributed by atoms with Crippen molar-refractivity contribution < 1.29 is 9.90 Å². The minimum Gasteiger partial charge on any atom is -0.387 e. The summed E-state index contributed by atoms with van der Waals surface area (Å²) in [5.41, 5.74) is 3.85. The number of amides is 1. The van der Waals surface area contributed by atoms with Crippen LogP contribution in [0.3, 0.4) is 0 Å². The zero-order valence-corrected chi connectivity index (χ0v) is 13.9. The van der Waals surface area contributed by atoms with Crippen molar-refractivity contribution in [3.8, 4) is 11.1 Å². The van der Waals surface area contributed by atoms with Crippen LogP contribution in [0.4, 0.5) is 0 Å². The van der Waals surface area contributed by atoms with E-state index in [1.54, 1.807) is 24.5 Å². The molecule has 3 rings (SSSR count). The van der Waals surface area contributed by atoms with Gasteiger partial charge >= 0.3 is 0 Å². The summed E-state index contributed by atoms with van der Waals surface area (Å²) in [7, 11) is 0. The number of nitrogens with zero attached hydrogens (tertiary/aromatic N) is 2. The molecule has 0 saturated carbocycles. The van der Waals surface area contributed by atoms with Crippen LogP contribution in [0, 0.1) is 6.92 Å². The number of aromatic nitrogens is 2. The molecule has 5 nitrogen and oxygen atoms in total. The predicted molar refractivity (Wildman–Crippen MR) is 95.9 cm³/mol. The molecule has 1 aromatic heterocycles. The molecule has 0 saturated heterocycles. The molecule has 0 spiro atoms. The number of carbonyl (C=O) groups excluding carboxylic acids is 1. The molecule has 0 radical (unpaired) electrons. The maximum Gasteiger partial charge on any atom is 0.252 e. The van der Waals surface area contributed by atoms with Gasteiger partial charge in [-0.2, -0.15) is 0 Å². The van der Waals surface area contributed by atoms with Gasteiger partial charge in [0, 0.05) is 30.1 Å². The van der Waals surface area contributed by atoms with Crippen molar-refractivity contribution in [2.45, 2.75) is 13.0 Å². The molecule has 2 aromatic carbocycles. The van der Waals surface area contributed by atoms with Gasteiger partial charge in [0.15, 0.2) is 0 Å². The molecule has 0 aliphatic rings. The number of rotatable bonds is 5. The van der Waals surface area contributed by atoms with Crippen LogP contribution in [-0.2, 0) is 0 Å². The van der Waals surface area contributed by atoms with Crippen LogP contribution < -0.4 is 5.32 Å². The number of nitrogens with one attached hydrogen (secondary N) is 1. The zero-order valence-electron chi connectivity index (χ0n) is 13.9. The van der Waals surface area contributed by atoms with Gasteiger partial charge in [0.05, 0.1) is 6.10 Å². The summed E-state index contributed by atoms with van der Waals surface area (Å²) in [6.07, 6.45) is 4.03.